The normalized spacial score (nSPS) is 28.4. The number of carboxylic acid groups (broad SMARTS) is 1. The number of allylic oxidation sites excluding steroid dienone is 1. The number of carbonyl (C=O) groups is 4. The lowest BCUT2D eigenvalue weighted by atomic mass is 9.88. The number of ether oxygens (including phenoxy) is 3. The van der Waals surface area contributed by atoms with Crippen molar-refractivity contribution in [2.24, 2.45) is 17.8 Å². The highest BCUT2D eigenvalue weighted by Gasteiger charge is 2.62. The highest BCUT2D eigenvalue weighted by Crippen LogP contribution is 2.46. The second-order valence-corrected chi connectivity index (χ2v) is 19.2. The fourth-order valence-corrected chi connectivity index (χ4v) is 10.4. The molecule has 0 radical (unpaired) electrons. The van der Waals surface area contributed by atoms with Crippen molar-refractivity contribution in [1.29, 1.82) is 0 Å². The Labute approximate surface area is 355 Å². The van der Waals surface area contributed by atoms with Crippen molar-refractivity contribution in [3.05, 3.63) is 60.7 Å². The number of fused-ring (bicyclic) bond motifs is 3. The summed E-state index contributed by atoms with van der Waals surface area (Å²) in [5, 5.41) is 16.0. The molecule has 4 amide bonds. The molecule has 4 heterocycles. The summed E-state index contributed by atoms with van der Waals surface area (Å²) < 4.78 is 45.9. The van der Waals surface area contributed by atoms with Crippen molar-refractivity contribution >= 4 is 50.3 Å². The van der Waals surface area contributed by atoms with E-state index in [1.807, 2.05) is 68.5 Å². The molecule has 4 fully saturated rings. The molecule has 0 spiro atoms. The predicted octanol–water partition coefficient (Wildman–Crippen LogP) is 4.23. The van der Waals surface area contributed by atoms with Gasteiger partial charge in [0.05, 0.1) is 37.8 Å². The van der Waals surface area contributed by atoms with Gasteiger partial charge in [-0.3, -0.25) is 19.1 Å². The van der Waals surface area contributed by atoms with E-state index in [2.05, 4.69) is 20.3 Å². The van der Waals surface area contributed by atoms with E-state index >= 15 is 0 Å². The molecule has 17 heteroatoms. The van der Waals surface area contributed by atoms with Crippen LogP contribution in [0.2, 0.25) is 0 Å². The number of rotatable bonds is 9. The van der Waals surface area contributed by atoms with Gasteiger partial charge in [0.1, 0.15) is 29.5 Å². The first kappa shape index (κ1) is 42.3. The summed E-state index contributed by atoms with van der Waals surface area (Å²) in [5.74, 6) is -1.98. The molecule has 0 unspecified atom stereocenters. The summed E-state index contributed by atoms with van der Waals surface area (Å²) in [4.78, 5) is 63.8. The third-order valence-electron chi connectivity index (χ3n) is 12.7. The van der Waals surface area contributed by atoms with Gasteiger partial charge in [-0.25, -0.2) is 18.2 Å². The van der Waals surface area contributed by atoms with Gasteiger partial charge in [0.25, 0.3) is 5.91 Å². The first-order chi connectivity index (χ1) is 29.2. The first-order valence-corrected chi connectivity index (χ1v) is 22.7. The lowest BCUT2D eigenvalue weighted by Crippen LogP contribution is -2.59. The second kappa shape index (κ2) is 17.2. The number of pyridine rings is 1. The van der Waals surface area contributed by atoms with Crippen molar-refractivity contribution in [3.8, 4) is 22.9 Å². The molecule has 2 aromatic carbocycles. The molecule has 2 saturated heterocycles. The van der Waals surface area contributed by atoms with Gasteiger partial charge in [-0.05, 0) is 92.1 Å². The van der Waals surface area contributed by atoms with E-state index in [-0.39, 0.29) is 31.2 Å². The van der Waals surface area contributed by atoms with E-state index in [1.54, 1.807) is 13.2 Å². The molecule has 16 nitrogen and oxygen atoms in total. The molecular formula is C44H54N6O10S. The predicted molar refractivity (Wildman–Crippen MR) is 227 cm³/mol. The third kappa shape index (κ3) is 9.13. The van der Waals surface area contributed by atoms with Crippen molar-refractivity contribution in [1.82, 2.24) is 25.2 Å². The minimum Gasteiger partial charge on any atom is -0.497 e. The molecule has 2 saturated carbocycles. The Bertz CT molecular complexity index is 2310. The summed E-state index contributed by atoms with van der Waals surface area (Å²) >= 11 is 0. The number of methoxy groups -OCH3 is 1. The Hall–Kier alpha value is -5.42. The van der Waals surface area contributed by atoms with Crippen LogP contribution in [-0.2, 0) is 29.1 Å². The maximum Gasteiger partial charge on any atom is 0.405 e. The van der Waals surface area contributed by atoms with Gasteiger partial charge >= 0.3 is 6.09 Å². The number of sulfonamides is 1. The molecule has 5 aliphatic rings. The Morgan fingerprint density at radius 1 is 1.02 bits per heavy atom. The minimum atomic E-state index is -3.93. The van der Waals surface area contributed by atoms with Gasteiger partial charge in [0, 0.05) is 42.1 Å². The van der Waals surface area contributed by atoms with Crippen LogP contribution in [0.3, 0.4) is 0 Å². The highest BCUT2D eigenvalue weighted by atomic mass is 32.2. The zero-order chi connectivity index (χ0) is 43.1. The summed E-state index contributed by atoms with van der Waals surface area (Å²) in [6, 6.07) is 13.2. The van der Waals surface area contributed by atoms with Crippen molar-refractivity contribution in [2.75, 3.05) is 44.9 Å². The van der Waals surface area contributed by atoms with E-state index in [9.17, 15) is 32.7 Å². The van der Waals surface area contributed by atoms with Crippen LogP contribution in [-0.4, -0.2) is 116 Å². The van der Waals surface area contributed by atoms with Crippen LogP contribution in [0.1, 0.15) is 58.8 Å². The molecule has 326 valence electrons. The maximum absolute atomic E-state index is 14.7. The summed E-state index contributed by atoms with van der Waals surface area (Å²) in [7, 11) is -2.35. The van der Waals surface area contributed by atoms with E-state index in [4.69, 9.17) is 19.2 Å². The van der Waals surface area contributed by atoms with E-state index in [0.29, 0.717) is 55.7 Å². The number of benzene rings is 2. The lowest BCUT2D eigenvalue weighted by Gasteiger charge is -2.32. The SMILES string of the molecule is COc1ccc2c(O[C@@H]3C[C@H]4C(=O)N[C@]5(C(=O)NS(=O)(=O)C6CC6)C[C@H]5C=CCC[C@H](C)C[C@@H](C)[C@H](NC(=O)O)C(=O)N4C3)nc(-c3ccc(N4CCOCC4)cc3)cc2c1. The Kier molecular flexibility index (Phi) is 11.9. The van der Waals surface area contributed by atoms with Crippen molar-refractivity contribution < 1.29 is 46.9 Å². The molecule has 3 aliphatic heterocycles. The zero-order valence-electron chi connectivity index (χ0n) is 34.7. The molecule has 3 aromatic rings. The van der Waals surface area contributed by atoms with Crippen LogP contribution in [0, 0.1) is 17.8 Å². The number of carbonyl (C=O) groups excluding carboxylic acids is 3. The smallest absolute Gasteiger partial charge is 0.405 e. The molecule has 4 N–H and O–H groups in total. The van der Waals surface area contributed by atoms with Crippen LogP contribution in [0.4, 0.5) is 10.5 Å². The number of aromatic nitrogens is 1. The average Bonchev–Trinajstić information content (AvgIpc) is 4.18. The fraction of sp³-hybridized carbons (Fsp3) is 0.523. The van der Waals surface area contributed by atoms with E-state index in [1.165, 1.54) is 4.90 Å². The highest BCUT2D eigenvalue weighted by molar-refractivity contribution is 7.91. The topological polar surface area (TPSA) is 206 Å². The number of anilines is 1. The monoisotopic (exact) mass is 858 g/mol. The number of nitrogens with one attached hydrogen (secondary N) is 3. The van der Waals surface area contributed by atoms with Crippen LogP contribution in [0.15, 0.2) is 60.7 Å². The van der Waals surface area contributed by atoms with Gasteiger partial charge in [-0.1, -0.05) is 38.1 Å². The molecule has 61 heavy (non-hydrogen) atoms. The molecular weight excluding hydrogens is 805 g/mol. The van der Waals surface area contributed by atoms with Gasteiger partial charge in [-0.15, -0.1) is 0 Å². The van der Waals surface area contributed by atoms with Gasteiger partial charge in [0.15, 0.2) is 0 Å². The largest absolute Gasteiger partial charge is 0.497 e. The number of hydrogen-bond donors (Lipinski definition) is 4. The quantitative estimate of drug-likeness (QED) is 0.223. The van der Waals surface area contributed by atoms with Crippen LogP contribution in [0.5, 0.6) is 11.6 Å². The molecule has 8 rings (SSSR count). The van der Waals surface area contributed by atoms with E-state index < -0.39 is 74.7 Å². The van der Waals surface area contributed by atoms with Crippen LogP contribution < -0.4 is 29.7 Å². The summed E-state index contributed by atoms with van der Waals surface area (Å²) in [6.45, 7) is 6.69. The summed E-state index contributed by atoms with van der Waals surface area (Å²) in [5.41, 5.74) is 0.983. The number of nitrogens with zero attached hydrogens (tertiary/aromatic N) is 3. The number of amides is 4. The van der Waals surface area contributed by atoms with Gasteiger partial charge < -0.3 is 39.8 Å². The first-order valence-electron chi connectivity index (χ1n) is 21.2. The third-order valence-corrected chi connectivity index (χ3v) is 14.5. The number of hydrogen-bond acceptors (Lipinski definition) is 11. The molecule has 7 atom stereocenters. The lowest BCUT2D eigenvalue weighted by molar-refractivity contribution is -0.142. The van der Waals surface area contributed by atoms with Crippen LogP contribution in [0.25, 0.3) is 22.0 Å². The molecule has 1 aromatic heterocycles. The number of morpholine rings is 1. The van der Waals surface area contributed by atoms with Gasteiger partial charge in [-0.2, -0.15) is 0 Å². The van der Waals surface area contributed by atoms with Crippen molar-refractivity contribution in [2.45, 2.75) is 87.8 Å². The van der Waals surface area contributed by atoms with Crippen LogP contribution >= 0.6 is 0 Å². The fourth-order valence-electron chi connectivity index (χ4n) is 9.02. The zero-order valence-corrected chi connectivity index (χ0v) is 35.5. The van der Waals surface area contributed by atoms with Crippen molar-refractivity contribution in [3.63, 3.8) is 0 Å². The Balaban J connectivity index is 1.13. The average molecular weight is 859 g/mol. The molecule has 2 aliphatic carbocycles. The van der Waals surface area contributed by atoms with E-state index in [0.717, 1.165) is 36.1 Å². The standard InChI is InChI=1S/C44H54N6O10S/c1-26-6-4-5-7-30-24-44(30,42(53)48-61(56,57)34-13-14-34)47-39(51)37-23-33(25-50(37)41(52)38(27(2)20-26)46-43(54)55)60-40-35-15-12-32(58-3)21-29(35)22-36(45-40)28-8-10-31(11-9-28)49-16-18-59-19-17-49/h5,7-12,15,21-22,26-27,30,33-34,37-38,46H,4,6,13-14,16-20,23-25H2,1-3H3,(H,47,51)(H,48,53)(H,54,55)/t26-,27+,30+,33+,37-,38-,44+/m0/s1. The second-order valence-electron chi connectivity index (χ2n) is 17.2. The molecule has 0 bridgehead atoms. The minimum absolute atomic E-state index is 0.0153. The Morgan fingerprint density at radius 3 is 2.48 bits per heavy atom. The maximum atomic E-state index is 14.7. The van der Waals surface area contributed by atoms with Gasteiger partial charge in [0.2, 0.25) is 27.7 Å². The Morgan fingerprint density at radius 2 is 1.77 bits per heavy atom. The summed E-state index contributed by atoms with van der Waals surface area (Å²) in [6.07, 6.45) is 4.61.